The third kappa shape index (κ3) is 10.3. The molecule has 0 saturated carbocycles. The Bertz CT molecular complexity index is 2440. The van der Waals surface area contributed by atoms with E-state index in [1.165, 1.54) is 0 Å². The summed E-state index contributed by atoms with van der Waals surface area (Å²) in [6.45, 7) is 24.7. The highest BCUT2D eigenvalue weighted by atomic mass is 35.5. The van der Waals surface area contributed by atoms with Crippen LogP contribution in [0.5, 0.6) is 0 Å². The zero-order valence-corrected chi connectivity index (χ0v) is 43.2. The van der Waals surface area contributed by atoms with Crippen molar-refractivity contribution in [2.75, 3.05) is 0 Å². The number of hydrogen-bond acceptors (Lipinski definition) is 4. The van der Waals surface area contributed by atoms with Crippen LogP contribution in [0.15, 0.2) is 106 Å². The van der Waals surface area contributed by atoms with Crippen LogP contribution >= 0.6 is 92.3 Å². The fourth-order valence-electron chi connectivity index (χ4n) is 7.47. The van der Waals surface area contributed by atoms with Crippen LogP contribution in [0.2, 0.25) is 30.1 Å². The molecule has 0 saturated heterocycles. The standard InChI is InChI=1S/C52H50Cl6O2S2/c1-49(2,3)33-19-27(20-34(47(33)59)50(4,5)6)43(45-37(55)23-29(53)24-38(45)56)41-17-15-31(61-41)13-14-32-16-18-42(62-32)44(46-39(57)25-30(54)26-40(46)58)28-21-35(51(7,8)9)48(60)36(22-28)52(10,11)12/h13-26H,1-12H3. The molecule has 2 nitrogen and oxygen atoms in total. The van der Waals surface area contributed by atoms with Crippen LogP contribution in [0.25, 0.3) is 23.3 Å². The van der Waals surface area contributed by atoms with E-state index in [0.717, 1.165) is 64.1 Å². The zero-order valence-electron chi connectivity index (χ0n) is 37.0. The summed E-state index contributed by atoms with van der Waals surface area (Å²) < 4.78 is 0. The summed E-state index contributed by atoms with van der Waals surface area (Å²) in [5, 5.41) is 2.52. The number of ketones is 2. The van der Waals surface area contributed by atoms with E-state index in [2.05, 4.69) is 120 Å². The SMILES string of the molecule is CC(C)(C)C1=CC(=C(c2ccc(C=Cc3ccc(C(=C4C=C(C(C)(C)C)C(=O)C(C(C)(C)C)=C4)c4c(Cl)cc(Cl)cc4Cl)s3)s2)c2c(Cl)cc(Cl)cc2Cl)C=C(C(C)(C)C)C1=O. The quantitative estimate of drug-likeness (QED) is 0.193. The van der Waals surface area contributed by atoms with Crippen LogP contribution in [-0.2, 0) is 9.59 Å². The lowest BCUT2D eigenvalue weighted by molar-refractivity contribution is -0.114. The number of halogens is 6. The lowest BCUT2D eigenvalue weighted by Crippen LogP contribution is -2.28. The molecule has 324 valence electrons. The maximum atomic E-state index is 14.0. The van der Waals surface area contributed by atoms with Gasteiger partial charge in [-0.05, 0) is 118 Å². The Kier molecular flexibility index (Phi) is 14.0. The molecule has 2 aliphatic rings. The molecule has 0 radical (unpaired) electrons. The average Bonchev–Trinajstić information content (AvgIpc) is 3.79. The summed E-state index contributed by atoms with van der Waals surface area (Å²) in [5.41, 5.74) is 5.83. The van der Waals surface area contributed by atoms with Crippen molar-refractivity contribution in [2.24, 2.45) is 21.7 Å². The summed E-state index contributed by atoms with van der Waals surface area (Å²) >= 11 is 44.0. The Morgan fingerprint density at radius 2 is 0.694 bits per heavy atom. The van der Waals surface area contributed by atoms with Crippen molar-refractivity contribution < 1.29 is 9.59 Å². The lowest BCUT2D eigenvalue weighted by Gasteiger charge is -2.32. The molecule has 6 rings (SSSR count). The second-order valence-electron chi connectivity index (χ2n) is 19.8. The molecule has 0 spiro atoms. The number of allylic oxidation sites excluding steroid dienone is 10. The first-order valence-corrected chi connectivity index (χ1v) is 24.1. The molecule has 2 aliphatic carbocycles. The highest BCUT2D eigenvalue weighted by molar-refractivity contribution is 7.15. The van der Waals surface area contributed by atoms with Gasteiger partial charge in [-0.15, -0.1) is 22.7 Å². The van der Waals surface area contributed by atoms with Crippen LogP contribution in [-0.4, -0.2) is 11.6 Å². The molecule has 62 heavy (non-hydrogen) atoms. The second-order valence-corrected chi connectivity index (χ2v) is 24.5. The summed E-state index contributed by atoms with van der Waals surface area (Å²) in [4.78, 5) is 31.8. The summed E-state index contributed by atoms with van der Waals surface area (Å²) in [7, 11) is 0. The van der Waals surface area contributed by atoms with Crippen molar-refractivity contribution in [3.8, 4) is 0 Å². The van der Waals surface area contributed by atoms with E-state index in [9.17, 15) is 9.59 Å². The summed E-state index contributed by atoms with van der Waals surface area (Å²) in [6, 6.07) is 15.1. The summed E-state index contributed by atoms with van der Waals surface area (Å²) in [6.07, 6.45) is 12.1. The van der Waals surface area contributed by atoms with E-state index in [0.29, 0.717) is 41.3 Å². The van der Waals surface area contributed by atoms with Gasteiger partial charge in [0.15, 0.2) is 11.6 Å². The van der Waals surface area contributed by atoms with Gasteiger partial charge in [0.1, 0.15) is 0 Å². The number of carbonyl (C=O) groups is 2. The molecule has 4 aromatic rings. The third-order valence-corrected chi connectivity index (χ3v) is 14.4. The number of Topliss-reactive ketones (excluding diaryl/α,β-unsaturated/α-hetero) is 2. The van der Waals surface area contributed by atoms with Gasteiger partial charge in [-0.3, -0.25) is 9.59 Å². The third-order valence-electron chi connectivity index (χ3n) is 10.7. The predicted molar refractivity (Wildman–Crippen MR) is 273 cm³/mol. The number of carbonyl (C=O) groups excluding carboxylic acids is 2. The first-order valence-electron chi connectivity index (χ1n) is 20.2. The Morgan fingerprint density at radius 3 is 0.935 bits per heavy atom. The lowest BCUT2D eigenvalue weighted by atomic mass is 9.71. The largest absolute Gasteiger partial charge is 0.289 e. The van der Waals surface area contributed by atoms with Gasteiger partial charge >= 0.3 is 0 Å². The normalized spacial score (nSPS) is 15.6. The fourth-order valence-corrected chi connectivity index (χ4v) is 11.5. The van der Waals surface area contributed by atoms with Gasteiger partial charge in [-0.25, -0.2) is 0 Å². The topological polar surface area (TPSA) is 34.1 Å². The highest BCUT2D eigenvalue weighted by Gasteiger charge is 2.37. The molecule has 0 N–H and O–H groups in total. The molecule has 0 amide bonds. The van der Waals surface area contributed by atoms with E-state index in [1.807, 2.05) is 24.3 Å². The number of hydrogen-bond donors (Lipinski definition) is 0. The first kappa shape index (κ1) is 48.6. The van der Waals surface area contributed by atoms with E-state index in [4.69, 9.17) is 69.6 Å². The molecular formula is C52H50Cl6O2S2. The van der Waals surface area contributed by atoms with Gasteiger partial charge in [-0.2, -0.15) is 0 Å². The second kappa shape index (κ2) is 17.8. The predicted octanol–water partition coefficient (Wildman–Crippen LogP) is 18.6. The molecule has 2 aromatic carbocycles. The van der Waals surface area contributed by atoms with Gasteiger partial charge in [0, 0.05) is 74.1 Å². The number of thiophene rings is 2. The monoisotopic (exact) mass is 980 g/mol. The smallest absolute Gasteiger partial charge is 0.186 e. The molecule has 2 aromatic heterocycles. The summed E-state index contributed by atoms with van der Waals surface area (Å²) in [5.74, 6) is 0.0819. The van der Waals surface area contributed by atoms with E-state index in [-0.39, 0.29) is 11.6 Å². The molecule has 0 bridgehead atoms. The number of benzene rings is 2. The van der Waals surface area contributed by atoms with Gasteiger partial charge in [0.05, 0.1) is 20.1 Å². The molecular weight excluding hydrogens is 933 g/mol. The van der Waals surface area contributed by atoms with Crippen LogP contribution in [0.4, 0.5) is 0 Å². The molecule has 0 unspecified atom stereocenters. The molecule has 10 heteroatoms. The zero-order chi connectivity index (χ0) is 46.0. The molecule has 0 fully saturated rings. The van der Waals surface area contributed by atoms with Crippen LogP contribution < -0.4 is 0 Å². The van der Waals surface area contributed by atoms with Gasteiger partial charge < -0.3 is 0 Å². The van der Waals surface area contributed by atoms with Crippen molar-refractivity contribution in [2.45, 2.75) is 83.1 Å². The fraction of sp³-hybridized carbons (Fsp3) is 0.308. The van der Waals surface area contributed by atoms with Crippen molar-refractivity contribution in [1.29, 1.82) is 0 Å². The van der Waals surface area contributed by atoms with Gasteiger partial charge in [0.25, 0.3) is 0 Å². The minimum absolute atomic E-state index is 0.0410. The molecule has 0 atom stereocenters. The van der Waals surface area contributed by atoms with E-state index < -0.39 is 21.7 Å². The minimum atomic E-state index is -0.417. The minimum Gasteiger partial charge on any atom is -0.289 e. The Hall–Kier alpha value is -2.90. The average molecular weight is 984 g/mol. The number of rotatable bonds is 6. The molecule has 0 aliphatic heterocycles. The highest BCUT2D eigenvalue weighted by Crippen LogP contribution is 2.48. The van der Waals surface area contributed by atoms with Crippen molar-refractivity contribution in [3.63, 3.8) is 0 Å². The molecule has 2 heterocycles. The van der Waals surface area contributed by atoms with Crippen molar-refractivity contribution in [3.05, 3.63) is 167 Å². The van der Waals surface area contributed by atoms with Crippen molar-refractivity contribution in [1.82, 2.24) is 0 Å². The van der Waals surface area contributed by atoms with Crippen molar-refractivity contribution >= 4 is 127 Å². The van der Waals surface area contributed by atoms with E-state index >= 15 is 0 Å². The maximum Gasteiger partial charge on any atom is 0.186 e. The Balaban J connectivity index is 1.51. The van der Waals surface area contributed by atoms with Crippen LogP contribution in [0, 0.1) is 21.7 Å². The Labute approximate surface area is 405 Å². The van der Waals surface area contributed by atoms with Gasteiger partial charge in [-0.1, -0.05) is 153 Å². The van der Waals surface area contributed by atoms with E-state index in [1.54, 1.807) is 46.9 Å². The van der Waals surface area contributed by atoms with Crippen LogP contribution in [0.3, 0.4) is 0 Å². The Morgan fingerprint density at radius 1 is 0.435 bits per heavy atom. The first-order chi connectivity index (χ1) is 28.6. The van der Waals surface area contributed by atoms with Crippen LogP contribution in [0.1, 0.15) is 114 Å². The van der Waals surface area contributed by atoms with Gasteiger partial charge in [0.2, 0.25) is 0 Å². The maximum absolute atomic E-state index is 14.0.